The molecule has 1 fully saturated rings. The maximum absolute atomic E-state index is 12.1. The van der Waals surface area contributed by atoms with E-state index in [1.165, 1.54) is 12.8 Å². The molecule has 1 aromatic carbocycles. The molecular weight excluding hydrogens is 290 g/mol. The number of urea groups is 1. The fourth-order valence-electron chi connectivity index (χ4n) is 3.10. The first-order valence-electron chi connectivity index (χ1n) is 8.51. The number of hydrogen-bond donors (Lipinski definition) is 2. The van der Waals surface area contributed by atoms with Gasteiger partial charge in [-0.1, -0.05) is 19.9 Å². The van der Waals surface area contributed by atoms with Gasteiger partial charge in [-0.15, -0.1) is 0 Å². The summed E-state index contributed by atoms with van der Waals surface area (Å²) >= 11 is 0. The summed E-state index contributed by atoms with van der Waals surface area (Å²) in [7, 11) is 1.62. The minimum absolute atomic E-state index is 0.161. The molecule has 23 heavy (non-hydrogen) atoms. The first kappa shape index (κ1) is 17.6. The average Bonchev–Trinajstić information content (AvgIpc) is 3.05. The van der Waals surface area contributed by atoms with Gasteiger partial charge in [-0.3, -0.25) is 4.90 Å². The highest BCUT2D eigenvalue weighted by Gasteiger charge is 2.23. The van der Waals surface area contributed by atoms with Crippen LogP contribution in [0.1, 0.15) is 33.1 Å². The summed E-state index contributed by atoms with van der Waals surface area (Å²) in [5, 5.41) is 5.89. The Kier molecular flexibility index (Phi) is 6.71. The Morgan fingerprint density at radius 3 is 2.70 bits per heavy atom. The predicted molar refractivity (Wildman–Crippen MR) is 94.1 cm³/mol. The predicted octanol–water partition coefficient (Wildman–Crippen LogP) is 3.33. The van der Waals surface area contributed by atoms with E-state index in [2.05, 4.69) is 29.4 Å². The van der Waals surface area contributed by atoms with Crippen molar-refractivity contribution in [3.8, 4) is 5.75 Å². The lowest BCUT2D eigenvalue weighted by atomic mass is 10.0. The molecule has 0 aliphatic carbocycles. The van der Waals surface area contributed by atoms with Crippen LogP contribution in [-0.4, -0.2) is 43.7 Å². The highest BCUT2D eigenvalue weighted by molar-refractivity contribution is 5.89. The third-order valence-corrected chi connectivity index (χ3v) is 4.23. The summed E-state index contributed by atoms with van der Waals surface area (Å²) in [4.78, 5) is 14.6. The fourth-order valence-corrected chi connectivity index (χ4v) is 3.10. The van der Waals surface area contributed by atoms with E-state index in [1.54, 1.807) is 7.11 Å². The van der Waals surface area contributed by atoms with Crippen LogP contribution < -0.4 is 15.4 Å². The number of hydrogen-bond acceptors (Lipinski definition) is 3. The van der Waals surface area contributed by atoms with E-state index in [9.17, 15) is 4.79 Å². The van der Waals surface area contributed by atoms with Crippen molar-refractivity contribution in [3.05, 3.63) is 24.3 Å². The van der Waals surface area contributed by atoms with E-state index in [1.807, 2.05) is 24.3 Å². The molecule has 0 aromatic heterocycles. The molecule has 5 nitrogen and oxygen atoms in total. The third-order valence-electron chi connectivity index (χ3n) is 4.23. The second kappa shape index (κ2) is 8.77. The van der Waals surface area contributed by atoms with Gasteiger partial charge in [0, 0.05) is 24.3 Å². The molecule has 1 saturated heterocycles. The number of likely N-dealkylation sites (tertiary alicyclic amines) is 1. The molecule has 2 amide bonds. The number of ether oxygens (including phenoxy) is 1. The molecule has 1 aromatic rings. The molecule has 128 valence electrons. The summed E-state index contributed by atoms with van der Waals surface area (Å²) in [6, 6.07) is 7.65. The molecule has 1 aliphatic rings. The molecule has 2 rings (SSSR count). The number of carbonyl (C=O) groups is 1. The quantitative estimate of drug-likeness (QED) is 0.810. The molecule has 0 radical (unpaired) electrons. The van der Waals surface area contributed by atoms with Crippen molar-refractivity contribution in [2.75, 3.05) is 32.1 Å². The standard InChI is InChI=1S/C18H29N3O2/c1-14(2)11-16(21-9-4-5-10-21)13-19-18(22)20-15-7-6-8-17(12-15)23-3/h6-8,12,14,16H,4-5,9-11,13H2,1-3H3,(H2,19,20,22). The van der Waals surface area contributed by atoms with Gasteiger partial charge in [0.15, 0.2) is 0 Å². The summed E-state index contributed by atoms with van der Waals surface area (Å²) in [5.74, 6) is 1.36. The molecule has 0 bridgehead atoms. The van der Waals surface area contributed by atoms with Crippen molar-refractivity contribution in [2.24, 2.45) is 5.92 Å². The summed E-state index contributed by atoms with van der Waals surface area (Å²) in [6.07, 6.45) is 3.65. The second-order valence-electron chi connectivity index (χ2n) is 6.59. The number of benzene rings is 1. The molecule has 2 N–H and O–H groups in total. The normalized spacial score (nSPS) is 16.3. The van der Waals surface area contributed by atoms with Crippen LogP contribution in [0.15, 0.2) is 24.3 Å². The lowest BCUT2D eigenvalue weighted by molar-refractivity contribution is 0.204. The summed E-state index contributed by atoms with van der Waals surface area (Å²) in [5.41, 5.74) is 0.739. The molecule has 0 saturated carbocycles. The Morgan fingerprint density at radius 2 is 2.04 bits per heavy atom. The van der Waals surface area contributed by atoms with Crippen molar-refractivity contribution >= 4 is 11.7 Å². The maximum Gasteiger partial charge on any atom is 0.319 e. The van der Waals surface area contributed by atoms with Gasteiger partial charge in [0.2, 0.25) is 0 Å². The van der Waals surface area contributed by atoms with Crippen LogP contribution in [0, 0.1) is 5.92 Å². The first-order chi connectivity index (χ1) is 11.1. The highest BCUT2D eigenvalue weighted by atomic mass is 16.5. The van der Waals surface area contributed by atoms with Crippen LogP contribution in [0.3, 0.4) is 0 Å². The molecular formula is C18H29N3O2. The van der Waals surface area contributed by atoms with Gasteiger partial charge in [0.1, 0.15) is 5.75 Å². The van der Waals surface area contributed by atoms with Gasteiger partial charge >= 0.3 is 6.03 Å². The SMILES string of the molecule is COc1cccc(NC(=O)NCC(CC(C)C)N2CCCC2)c1. The largest absolute Gasteiger partial charge is 0.497 e. The second-order valence-corrected chi connectivity index (χ2v) is 6.59. The van der Waals surface area contributed by atoms with Crippen molar-refractivity contribution < 1.29 is 9.53 Å². The minimum Gasteiger partial charge on any atom is -0.497 e. The van der Waals surface area contributed by atoms with E-state index in [4.69, 9.17) is 4.74 Å². The number of amides is 2. The van der Waals surface area contributed by atoms with Crippen LogP contribution >= 0.6 is 0 Å². The van der Waals surface area contributed by atoms with Crippen LogP contribution in [-0.2, 0) is 0 Å². The average molecular weight is 319 g/mol. The zero-order chi connectivity index (χ0) is 16.7. The number of carbonyl (C=O) groups excluding carboxylic acids is 1. The number of anilines is 1. The van der Waals surface area contributed by atoms with E-state index in [-0.39, 0.29) is 6.03 Å². The van der Waals surface area contributed by atoms with E-state index in [0.717, 1.165) is 30.9 Å². The van der Waals surface area contributed by atoms with Gasteiger partial charge in [0.25, 0.3) is 0 Å². The van der Waals surface area contributed by atoms with Crippen LogP contribution in [0.4, 0.5) is 10.5 Å². The Bertz CT molecular complexity index is 499. The number of methoxy groups -OCH3 is 1. The topological polar surface area (TPSA) is 53.6 Å². The van der Waals surface area contributed by atoms with Crippen LogP contribution in [0.25, 0.3) is 0 Å². The highest BCUT2D eigenvalue weighted by Crippen LogP contribution is 2.18. The van der Waals surface area contributed by atoms with Crippen LogP contribution in [0.2, 0.25) is 0 Å². The number of rotatable bonds is 7. The summed E-state index contributed by atoms with van der Waals surface area (Å²) in [6.45, 7) is 7.46. The first-order valence-corrected chi connectivity index (χ1v) is 8.51. The monoisotopic (exact) mass is 319 g/mol. The van der Waals surface area contributed by atoms with Crippen molar-refractivity contribution in [1.82, 2.24) is 10.2 Å². The van der Waals surface area contributed by atoms with Crippen molar-refractivity contribution in [2.45, 2.75) is 39.2 Å². The Hall–Kier alpha value is -1.75. The molecule has 1 atom stereocenters. The Balaban J connectivity index is 1.85. The minimum atomic E-state index is -0.161. The Labute approximate surface area is 139 Å². The van der Waals surface area contributed by atoms with Gasteiger partial charge in [0.05, 0.1) is 7.11 Å². The molecule has 0 spiro atoms. The fraction of sp³-hybridized carbons (Fsp3) is 0.611. The molecule has 1 heterocycles. The number of nitrogens with zero attached hydrogens (tertiary/aromatic N) is 1. The van der Waals surface area contributed by atoms with Gasteiger partial charge in [-0.05, 0) is 50.4 Å². The van der Waals surface area contributed by atoms with Gasteiger partial charge in [-0.25, -0.2) is 4.79 Å². The molecule has 1 unspecified atom stereocenters. The molecule has 1 aliphatic heterocycles. The van der Waals surface area contributed by atoms with E-state index < -0.39 is 0 Å². The zero-order valence-corrected chi connectivity index (χ0v) is 14.5. The smallest absolute Gasteiger partial charge is 0.319 e. The van der Waals surface area contributed by atoms with Gasteiger partial charge in [-0.2, -0.15) is 0 Å². The van der Waals surface area contributed by atoms with Crippen molar-refractivity contribution in [1.29, 1.82) is 0 Å². The maximum atomic E-state index is 12.1. The van der Waals surface area contributed by atoms with Crippen molar-refractivity contribution in [3.63, 3.8) is 0 Å². The Morgan fingerprint density at radius 1 is 1.30 bits per heavy atom. The number of nitrogens with one attached hydrogen (secondary N) is 2. The van der Waals surface area contributed by atoms with Crippen LogP contribution in [0.5, 0.6) is 5.75 Å². The summed E-state index contributed by atoms with van der Waals surface area (Å²) < 4.78 is 5.17. The van der Waals surface area contributed by atoms with E-state index >= 15 is 0 Å². The van der Waals surface area contributed by atoms with Gasteiger partial charge < -0.3 is 15.4 Å². The molecule has 5 heteroatoms. The lowest BCUT2D eigenvalue weighted by Crippen LogP contribution is -2.44. The third kappa shape index (κ3) is 5.75. The zero-order valence-electron chi connectivity index (χ0n) is 14.5. The lowest BCUT2D eigenvalue weighted by Gasteiger charge is -2.29. The van der Waals surface area contributed by atoms with E-state index in [0.29, 0.717) is 18.5 Å².